The van der Waals surface area contributed by atoms with E-state index in [-0.39, 0.29) is 29.7 Å². The summed E-state index contributed by atoms with van der Waals surface area (Å²) in [5.41, 5.74) is 5.41. The fraction of sp³-hybridized carbons (Fsp3) is 0.226. The van der Waals surface area contributed by atoms with Crippen LogP contribution in [-0.2, 0) is 0 Å². The number of benzene rings is 8. The van der Waals surface area contributed by atoms with E-state index >= 15 is 0 Å². The second-order valence-electron chi connectivity index (χ2n) is 18.8. The number of rotatable bonds is 8. The van der Waals surface area contributed by atoms with Crippen molar-refractivity contribution in [2.45, 2.75) is 85.8 Å². The zero-order chi connectivity index (χ0) is 60.4. The third-order valence-corrected chi connectivity index (χ3v) is 12.6. The summed E-state index contributed by atoms with van der Waals surface area (Å²) in [6, 6.07) is 34.6. The van der Waals surface area contributed by atoms with Crippen molar-refractivity contribution in [2.24, 2.45) is 5.92 Å². The molecule has 8 aromatic carbocycles. The number of ether oxygens (including phenoxy) is 3. The van der Waals surface area contributed by atoms with Crippen molar-refractivity contribution in [2.75, 3.05) is 0 Å². The number of alkyl halides is 9. The van der Waals surface area contributed by atoms with E-state index in [1.807, 2.05) is 32.9 Å². The average Bonchev–Trinajstić information content (AvgIpc) is 3.63. The van der Waals surface area contributed by atoms with Crippen molar-refractivity contribution in [3.63, 3.8) is 0 Å². The van der Waals surface area contributed by atoms with Gasteiger partial charge in [-0.3, -0.25) is 0 Å². The van der Waals surface area contributed by atoms with Gasteiger partial charge in [-0.15, -0.1) is 39.5 Å². The summed E-state index contributed by atoms with van der Waals surface area (Å²) < 4.78 is 241. The first-order chi connectivity index (χ1) is 38.4. The Bertz CT molecular complexity index is 3310. The monoisotopic (exact) mass is 1180 g/mol. The van der Waals surface area contributed by atoms with Crippen LogP contribution in [0.4, 0.5) is 79.0 Å². The lowest BCUT2D eigenvalue weighted by atomic mass is 9.79. The van der Waals surface area contributed by atoms with Crippen LogP contribution in [0.5, 0.6) is 17.2 Å². The predicted octanol–water partition coefficient (Wildman–Crippen LogP) is 21.2. The first kappa shape index (κ1) is 65.7. The minimum atomic E-state index is -5.08. The molecule has 0 radical (unpaired) electrons. The van der Waals surface area contributed by atoms with Gasteiger partial charge in [-0.1, -0.05) is 141 Å². The van der Waals surface area contributed by atoms with Crippen LogP contribution in [0.2, 0.25) is 0 Å². The second kappa shape index (κ2) is 27.8. The summed E-state index contributed by atoms with van der Waals surface area (Å²) in [5.74, 6) is -15.2. The summed E-state index contributed by atoms with van der Waals surface area (Å²) >= 11 is 0. The maximum Gasteiger partial charge on any atom is 0.573 e. The molecule has 0 spiro atoms. The summed E-state index contributed by atoms with van der Waals surface area (Å²) in [4.78, 5) is 0. The van der Waals surface area contributed by atoms with Gasteiger partial charge in [0, 0.05) is 22.3 Å². The Balaban J connectivity index is 0.000000205. The number of hydrogen-bond acceptors (Lipinski definition) is 3. The zero-order valence-electron chi connectivity index (χ0n) is 43.4. The smallest absolute Gasteiger partial charge is 0.403 e. The Morgan fingerprint density at radius 2 is 0.566 bits per heavy atom. The molecule has 0 atom stereocenters. The Kier molecular flexibility index (Phi) is 22.0. The molecule has 1 saturated carbocycles. The second-order valence-corrected chi connectivity index (χ2v) is 18.8. The molecule has 0 aromatic heterocycles. The molecule has 1 fully saturated rings. The number of aryl methyl sites for hydroxylation is 3. The van der Waals surface area contributed by atoms with E-state index in [1.165, 1.54) is 18.9 Å². The van der Waals surface area contributed by atoms with Crippen LogP contribution in [-0.4, -0.2) is 19.1 Å². The van der Waals surface area contributed by atoms with Crippen molar-refractivity contribution in [1.82, 2.24) is 0 Å². The average molecular weight is 1190 g/mol. The predicted molar refractivity (Wildman–Crippen MR) is 278 cm³/mol. The summed E-state index contributed by atoms with van der Waals surface area (Å²) in [6.07, 6.45) is -10.7. The van der Waals surface area contributed by atoms with Crippen LogP contribution in [0.3, 0.4) is 0 Å². The Hall–Kier alpha value is -8.10. The van der Waals surface area contributed by atoms with E-state index in [0.717, 1.165) is 83.5 Å². The van der Waals surface area contributed by atoms with Crippen molar-refractivity contribution in [1.29, 1.82) is 0 Å². The lowest BCUT2D eigenvalue weighted by Crippen LogP contribution is -2.18. The van der Waals surface area contributed by atoms with Gasteiger partial charge >= 0.3 is 19.1 Å². The van der Waals surface area contributed by atoms with Crippen LogP contribution < -0.4 is 14.2 Å². The number of halogens is 18. The molecule has 0 aliphatic heterocycles. The molecular formula is C62H50F18O3. The minimum absolute atomic E-state index is 0. The van der Waals surface area contributed by atoms with E-state index in [2.05, 4.69) is 21.1 Å². The Morgan fingerprint density at radius 1 is 0.313 bits per heavy atom. The normalized spacial score (nSPS) is 14.1. The van der Waals surface area contributed by atoms with Gasteiger partial charge in [0.05, 0.1) is 0 Å². The SMILES string of the molecule is C.CC1CCC(c2ccc(-c3ccc(OC(F)(F)F)c(F)c3F)cc2)CC1.Cc1ccc(-c2ccc(F)c(F)c2F)cc1.Cc1ccc(-c2ccc(OC(F)(F)F)c(F)c2F)cc1.Cc1ccc(-c2ccc(OC(F)(F)F)c(F)c2F)cc1. The van der Waals surface area contributed by atoms with Crippen LogP contribution in [0.25, 0.3) is 44.5 Å². The summed E-state index contributed by atoms with van der Waals surface area (Å²) in [5, 5.41) is 0. The molecule has 1 aliphatic rings. The highest BCUT2D eigenvalue weighted by Crippen LogP contribution is 2.39. The van der Waals surface area contributed by atoms with Gasteiger partial charge in [-0.05, 0) is 122 Å². The van der Waals surface area contributed by atoms with Gasteiger partial charge in [-0.2, -0.15) is 13.2 Å². The van der Waals surface area contributed by atoms with E-state index in [4.69, 9.17) is 0 Å². The van der Waals surface area contributed by atoms with Gasteiger partial charge in [-0.25, -0.2) is 26.3 Å². The number of hydrogen-bond donors (Lipinski definition) is 0. The van der Waals surface area contributed by atoms with Gasteiger partial charge in [0.15, 0.2) is 52.2 Å². The zero-order valence-corrected chi connectivity index (χ0v) is 43.4. The van der Waals surface area contributed by atoms with Crippen LogP contribution >= 0.6 is 0 Å². The highest BCUT2D eigenvalue weighted by atomic mass is 19.4. The fourth-order valence-electron chi connectivity index (χ4n) is 8.35. The van der Waals surface area contributed by atoms with Gasteiger partial charge < -0.3 is 14.2 Å². The van der Waals surface area contributed by atoms with Gasteiger partial charge in [0.1, 0.15) is 0 Å². The highest BCUT2D eigenvalue weighted by Gasteiger charge is 2.36. The first-order valence-electron chi connectivity index (χ1n) is 24.6. The molecule has 9 rings (SSSR count). The molecule has 3 nitrogen and oxygen atoms in total. The van der Waals surface area contributed by atoms with Gasteiger partial charge in [0.25, 0.3) is 0 Å². The molecule has 0 amide bonds. The fourth-order valence-corrected chi connectivity index (χ4v) is 8.35. The Labute approximate surface area is 465 Å². The van der Waals surface area contributed by atoms with Crippen molar-refractivity contribution in [3.05, 3.63) is 220 Å². The molecule has 83 heavy (non-hydrogen) atoms. The molecule has 442 valence electrons. The van der Waals surface area contributed by atoms with Crippen LogP contribution in [0.1, 0.15) is 68.2 Å². The van der Waals surface area contributed by atoms with Crippen LogP contribution in [0.15, 0.2) is 146 Å². The third-order valence-electron chi connectivity index (χ3n) is 12.6. The molecule has 1 aliphatic carbocycles. The highest BCUT2D eigenvalue weighted by molar-refractivity contribution is 5.68. The van der Waals surface area contributed by atoms with Crippen molar-refractivity contribution < 1.29 is 93.2 Å². The molecule has 0 saturated heterocycles. The largest absolute Gasteiger partial charge is 0.573 e. The first-order valence-corrected chi connectivity index (χ1v) is 24.6. The lowest BCUT2D eigenvalue weighted by Gasteiger charge is -2.26. The topological polar surface area (TPSA) is 27.7 Å². The molecule has 0 heterocycles. The van der Waals surface area contributed by atoms with Gasteiger partial charge in [0.2, 0.25) is 17.5 Å². The standard InChI is InChI=1S/C20H19F5O.2C14H9F5O.C13H9F3.CH4/c1-12-2-4-13(5-3-12)14-6-8-15(9-7-14)16-10-11-17(19(22)18(16)21)26-20(23,24)25;2*1-8-2-4-9(5-3-8)10-6-7-11(13(16)12(10)15)20-14(17,18)19;1-8-2-4-9(5-3-8)10-6-7-11(14)13(16)12(10)15;/h6-13H,2-5H2,1H3;2*2-7H,1H3;2-7H,1H3;1H4. The molecule has 0 unspecified atom stereocenters. The molecule has 0 bridgehead atoms. The summed E-state index contributed by atoms with van der Waals surface area (Å²) in [7, 11) is 0. The van der Waals surface area contributed by atoms with Crippen molar-refractivity contribution >= 4 is 0 Å². The van der Waals surface area contributed by atoms with Crippen molar-refractivity contribution in [3.8, 4) is 61.8 Å². The third kappa shape index (κ3) is 18.2. The maximum absolute atomic E-state index is 14.2. The minimum Gasteiger partial charge on any atom is -0.403 e. The van der Waals surface area contributed by atoms with E-state index in [0.29, 0.717) is 28.2 Å². The molecule has 0 N–H and O–H groups in total. The molecule has 8 aromatic rings. The van der Waals surface area contributed by atoms with E-state index < -0.39 is 88.7 Å². The van der Waals surface area contributed by atoms with E-state index in [1.54, 1.807) is 84.9 Å². The lowest BCUT2D eigenvalue weighted by molar-refractivity contribution is -0.276. The molecule has 21 heteroatoms. The Morgan fingerprint density at radius 3 is 0.843 bits per heavy atom. The van der Waals surface area contributed by atoms with Crippen LogP contribution in [0, 0.1) is 79.0 Å². The quantitative estimate of drug-likeness (QED) is 0.112. The molecular weight excluding hydrogens is 1130 g/mol. The van der Waals surface area contributed by atoms with E-state index in [9.17, 15) is 79.0 Å². The maximum atomic E-state index is 14.2. The summed E-state index contributed by atoms with van der Waals surface area (Å²) in [6.45, 7) is 7.77.